The number of rotatable bonds is 9. The minimum atomic E-state index is -0.488. The topological polar surface area (TPSA) is 95.8 Å². The number of aromatic nitrogens is 4. The van der Waals surface area contributed by atoms with Gasteiger partial charge in [0.2, 0.25) is 5.91 Å². The summed E-state index contributed by atoms with van der Waals surface area (Å²) in [7, 11) is 0. The molecule has 4 aromatic rings. The largest absolute Gasteiger partial charge is 0.368 e. The van der Waals surface area contributed by atoms with E-state index in [-0.39, 0.29) is 18.1 Å². The zero-order valence-electron chi connectivity index (χ0n) is 19.6. The number of primary amides is 1. The molecular weight excluding hydrogens is 466 g/mol. The quantitative estimate of drug-likeness (QED) is 0.262. The van der Waals surface area contributed by atoms with Crippen molar-refractivity contribution in [3.63, 3.8) is 0 Å². The van der Waals surface area contributed by atoms with Gasteiger partial charge in [0.15, 0.2) is 16.8 Å². The van der Waals surface area contributed by atoms with E-state index in [9.17, 15) is 9.59 Å². The van der Waals surface area contributed by atoms with E-state index in [4.69, 9.17) is 5.73 Å². The Morgan fingerprint density at radius 3 is 2.47 bits per heavy atom. The number of hydrogen-bond donors (Lipinski definition) is 1. The summed E-state index contributed by atoms with van der Waals surface area (Å²) in [6.45, 7) is 8.26. The number of benzene rings is 1. The maximum absolute atomic E-state index is 13.2. The van der Waals surface area contributed by atoms with E-state index < -0.39 is 5.91 Å². The molecule has 9 heteroatoms. The minimum absolute atomic E-state index is 0.00514. The number of carbonyl (C=O) groups is 2. The molecule has 0 spiro atoms. The fourth-order valence-electron chi connectivity index (χ4n) is 3.94. The van der Waals surface area contributed by atoms with E-state index in [1.165, 1.54) is 28.7 Å². The molecule has 7 nitrogen and oxygen atoms in total. The van der Waals surface area contributed by atoms with Crippen LogP contribution in [0.5, 0.6) is 0 Å². The molecule has 0 atom stereocenters. The number of ketones is 1. The number of aryl methyl sites for hydroxylation is 1. The van der Waals surface area contributed by atoms with Gasteiger partial charge < -0.3 is 10.3 Å². The van der Waals surface area contributed by atoms with Gasteiger partial charge in [-0.3, -0.25) is 14.2 Å². The maximum Gasteiger partial charge on any atom is 0.237 e. The molecule has 0 saturated carbocycles. The average molecular weight is 494 g/mol. The van der Waals surface area contributed by atoms with Gasteiger partial charge in [0, 0.05) is 22.6 Å². The number of thiophene rings is 1. The second-order valence-electron chi connectivity index (χ2n) is 8.41. The molecule has 0 radical (unpaired) electrons. The van der Waals surface area contributed by atoms with Crippen molar-refractivity contribution < 1.29 is 9.59 Å². The summed E-state index contributed by atoms with van der Waals surface area (Å²) in [6.07, 6.45) is 0. The highest BCUT2D eigenvalue weighted by atomic mass is 32.2. The van der Waals surface area contributed by atoms with Gasteiger partial charge in [0.1, 0.15) is 6.54 Å². The van der Waals surface area contributed by atoms with Crippen LogP contribution in [0, 0.1) is 13.8 Å². The van der Waals surface area contributed by atoms with Gasteiger partial charge in [0.05, 0.1) is 10.6 Å². The molecule has 0 aliphatic carbocycles. The van der Waals surface area contributed by atoms with Gasteiger partial charge in [-0.2, -0.15) is 0 Å². The molecule has 0 fully saturated rings. The Kier molecular flexibility index (Phi) is 7.04. The first kappa shape index (κ1) is 24.0. The number of carbonyl (C=O) groups excluding carboxylic acids is 2. The highest BCUT2D eigenvalue weighted by molar-refractivity contribution is 7.99. The molecular formula is C25H27N5O2S2. The van der Waals surface area contributed by atoms with E-state index in [0.717, 1.165) is 22.0 Å². The van der Waals surface area contributed by atoms with Crippen LogP contribution in [0.4, 0.5) is 0 Å². The number of nitrogens with two attached hydrogens (primary N) is 1. The van der Waals surface area contributed by atoms with Crippen LogP contribution in [-0.4, -0.2) is 36.8 Å². The minimum Gasteiger partial charge on any atom is -0.368 e. The van der Waals surface area contributed by atoms with Crippen LogP contribution in [0.25, 0.3) is 16.4 Å². The molecule has 34 heavy (non-hydrogen) atoms. The van der Waals surface area contributed by atoms with Crippen LogP contribution in [0.1, 0.15) is 47.1 Å². The van der Waals surface area contributed by atoms with Crippen LogP contribution in [0.2, 0.25) is 0 Å². The summed E-state index contributed by atoms with van der Waals surface area (Å²) in [5.41, 5.74) is 10.3. The van der Waals surface area contributed by atoms with Crippen LogP contribution < -0.4 is 5.73 Å². The Morgan fingerprint density at radius 1 is 1.12 bits per heavy atom. The van der Waals surface area contributed by atoms with Crippen LogP contribution in [-0.2, 0) is 11.3 Å². The highest BCUT2D eigenvalue weighted by Crippen LogP contribution is 2.29. The van der Waals surface area contributed by atoms with Crippen molar-refractivity contribution in [2.24, 2.45) is 5.73 Å². The van der Waals surface area contributed by atoms with Gasteiger partial charge in [-0.1, -0.05) is 43.8 Å². The van der Waals surface area contributed by atoms with Crippen molar-refractivity contribution >= 4 is 34.8 Å². The zero-order chi connectivity index (χ0) is 24.4. The lowest BCUT2D eigenvalue weighted by Crippen LogP contribution is -2.20. The van der Waals surface area contributed by atoms with Crippen molar-refractivity contribution in [2.45, 2.75) is 45.3 Å². The third kappa shape index (κ3) is 4.85. The number of amides is 1. The summed E-state index contributed by atoms with van der Waals surface area (Å²) in [5.74, 6) is 0.726. The lowest BCUT2D eigenvalue weighted by atomic mass is 10.0. The Bertz CT molecular complexity index is 1320. The van der Waals surface area contributed by atoms with Crippen LogP contribution in [0.15, 0.2) is 53.0 Å². The molecule has 0 unspecified atom stereocenters. The molecule has 1 amide bonds. The third-order valence-corrected chi connectivity index (χ3v) is 7.49. The summed E-state index contributed by atoms with van der Waals surface area (Å²) >= 11 is 2.77. The smallest absolute Gasteiger partial charge is 0.237 e. The summed E-state index contributed by atoms with van der Waals surface area (Å²) in [4.78, 5) is 25.7. The number of thioether (sulfide) groups is 1. The molecule has 3 heterocycles. The van der Waals surface area contributed by atoms with Crippen molar-refractivity contribution in [1.29, 1.82) is 0 Å². The van der Waals surface area contributed by atoms with E-state index >= 15 is 0 Å². The first-order valence-electron chi connectivity index (χ1n) is 11.0. The molecule has 0 aliphatic rings. The van der Waals surface area contributed by atoms with Crippen molar-refractivity contribution in [1.82, 2.24) is 19.3 Å². The molecule has 0 aliphatic heterocycles. The van der Waals surface area contributed by atoms with E-state index in [0.29, 0.717) is 22.5 Å². The Hall–Kier alpha value is -3.17. The molecule has 1 aromatic carbocycles. The molecule has 4 rings (SSSR count). The SMILES string of the molecule is Cc1cc(C(=O)CSc2nnc(-c3cccs3)n2CC(N)=O)c(C)n1-c1ccc(C(C)C)cc1. The standard InChI is InChI=1S/C25H27N5O2S2/c1-15(2)18-7-9-19(10-8-18)30-16(3)12-20(17(30)4)21(31)14-34-25-28-27-24(22-6-5-11-33-22)29(25)13-23(26)32/h5-12,15H,13-14H2,1-4H3,(H2,26,32). The van der Waals surface area contributed by atoms with Gasteiger partial charge in [-0.05, 0) is 55.0 Å². The normalized spacial score (nSPS) is 11.3. The third-order valence-electron chi connectivity index (χ3n) is 5.65. The van der Waals surface area contributed by atoms with Crippen molar-refractivity contribution in [2.75, 3.05) is 5.75 Å². The summed E-state index contributed by atoms with van der Waals surface area (Å²) < 4.78 is 3.78. The van der Waals surface area contributed by atoms with Gasteiger partial charge in [-0.15, -0.1) is 21.5 Å². The summed E-state index contributed by atoms with van der Waals surface area (Å²) in [5, 5.41) is 10.9. The molecule has 0 bridgehead atoms. The Morgan fingerprint density at radius 2 is 1.85 bits per heavy atom. The number of hydrogen-bond acceptors (Lipinski definition) is 6. The van der Waals surface area contributed by atoms with Gasteiger partial charge >= 0.3 is 0 Å². The van der Waals surface area contributed by atoms with Crippen molar-refractivity contribution in [3.05, 3.63) is 70.4 Å². The molecule has 0 saturated heterocycles. The Balaban J connectivity index is 1.55. The van der Waals surface area contributed by atoms with E-state index in [1.54, 1.807) is 4.57 Å². The van der Waals surface area contributed by atoms with E-state index in [1.807, 2.05) is 37.4 Å². The number of Topliss-reactive ketones (excluding diaryl/α,β-unsaturated/α-hetero) is 1. The fourth-order valence-corrected chi connectivity index (χ4v) is 5.48. The molecule has 3 aromatic heterocycles. The lowest BCUT2D eigenvalue weighted by molar-refractivity contribution is -0.118. The fraction of sp³-hybridized carbons (Fsp3) is 0.280. The first-order chi connectivity index (χ1) is 16.3. The van der Waals surface area contributed by atoms with Gasteiger partial charge in [-0.25, -0.2) is 0 Å². The van der Waals surface area contributed by atoms with Crippen molar-refractivity contribution in [3.8, 4) is 16.4 Å². The highest BCUT2D eigenvalue weighted by Gasteiger charge is 2.21. The molecule has 2 N–H and O–H groups in total. The van der Waals surface area contributed by atoms with E-state index in [2.05, 4.69) is 52.9 Å². The maximum atomic E-state index is 13.2. The number of nitrogens with zero attached hydrogens (tertiary/aromatic N) is 4. The lowest BCUT2D eigenvalue weighted by Gasteiger charge is -2.12. The monoisotopic (exact) mass is 493 g/mol. The predicted molar refractivity (Wildman–Crippen MR) is 137 cm³/mol. The second-order valence-corrected chi connectivity index (χ2v) is 10.3. The van der Waals surface area contributed by atoms with Crippen LogP contribution in [0.3, 0.4) is 0 Å². The van der Waals surface area contributed by atoms with Crippen LogP contribution >= 0.6 is 23.1 Å². The first-order valence-corrected chi connectivity index (χ1v) is 12.8. The Labute approximate surface area is 207 Å². The molecule has 176 valence electrons. The summed E-state index contributed by atoms with van der Waals surface area (Å²) in [6, 6.07) is 14.2. The average Bonchev–Trinajstić information content (AvgIpc) is 3.51. The predicted octanol–water partition coefficient (Wildman–Crippen LogP) is 5.00. The second kappa shape index (κ2) is 9.99. The van der Waals surface area contributed by atoms with Gasteiger partial charge in [0.25, 0.3) is 0 Å². The zero-order valence-corrected chi connectivity index (χ0v) is 21.2.